The van der Waals surface area contributed by atoms with Gasteiger partial charge in [-0.3, -0.25) is 4.79 Å². The van der Waals surface area contributed by atoms with Gasteiger partial charge in [0.05, 0.1) is 4.90 Å². The van der Waals surface area contributed by atoms with E-state index in [9.17, 15) is 13.2 Å². The van der Waals surface area contributed by atoms with Gasteiger partial charge < -0.3 is 4.90 Å². The topological polar surface area (TPSA) is 66.5 Å². The molecule has 2 aliphatic rings. The van der Waals surface area contributed by atoms with Crippen molar-refractivity contribution in [2.24, 2.45) is 5.92 Å². The average molecular weight is 350 g/mol. The Kier molecular flexibility index (Phi) is 4.71. The van der Waals surface area contributed by atoms with Crippen molar-refractivity contribution >= 4 is 21.6 Å². The van der Waals surface area contributed by atoms with E-state index < -0.39 is 10.0 Å². The molecule has 0 aromatic heterocycles. The normalized spacial score (nSPS) is 22.1. The molecular formula is C18H26N2O3S. The monoisotopic (exact) mass is 350 g/mol. The standard InChI is InChI=1S/C18H26N2O3S/c1-4-12(2)19-24(22,23)16-8-9-17-15(11-16)10-13(3)20(17)18(21)14-6-5-7-14/h8-9,11-14,19H,4-7,10H2,1-3H3/t12-,13-/m0/s1. The van der Waals surface area contributed by atoms with Crippen LogP contribution in [-0.4, -0.2) is 26.4 Å². The summed E-state index contributed by atoms with van der Waals surface area (Å²) in [6.07, 6.45) is 4.53. The van der Waals surface area contributed by atoms with Crippen LogP contribution in [0.4, 0.5) is 5.69 Å². The highest BCUT2D eigenvalue weighted by Gasteiger charge is 2.37. The second-order valence-corrected chi connectivity index (χ2v) is 8.82. The molecule has 0 spiro atoms. The number of nitrogens with one attached hydrogen (secondary N) is 1. The first-order chi connectivity index (χ1) is 11.3. The van der Waals surface area contributed by atoms with Gasteiger partial charge in [-0.1, -0.05) is 13.3 Å². The van der Waals surface area contributed by atoms with Crippen molar-refractivity contribution < 1.29 is 13.2 Å². The van der Waals surface area contributed by atoms with Gasteiger partial charge in [0.25, 0.3) is 0 Å². The summed E-state index contributed by atoms with van der Waals surface area (Å²) in [7, 11) is -3.51. The van der Waals surface area contributed by atoms with Crippen LogP contribution in [0, 0.1) is 5.92 Å². The van der Waals surface area contributed by atoms with Crippen LogP contribution in [-0.2, 0) is 21.2 Å². The van der Waals surface area contributed by atoms with E-state index in [0.717, 1.165) is 36.9 Å². The maximum atomic E-state index is 12.7. The fourth-order valence-corrected chi connectivity index (χ4v) is 4.76. The minimum Gasteiger partial charge on any atom is -0.309 e. The fraction of sp³-hybridized carbons (Fsp3) is 0.611. The van der Waals surface area contributed by atoms with Gasteiger partial charge in [0.2, 0.25) is 15.9 Å². The molecule has 1 amide bonds. The van der Waals surface area contributed by atoms with Crippen LogP contribution in [0.2, 0.25) is 0 Å². The maximum absolute atomic E-state index is 12.7. The van der Waals surface area contributed by atoms with Crippen molar-refractivity contribution in [1.29, 1.82) is 0 Å². The number of amides is 1. The van der Waals surface area contributed by atoms with Crippen LogP contribution in [0.15, 0.2) is 23.1 Å². The molecule has 132 valence electrons. The molecule has 1 fully saturated rings. The van der Waals surface area contributed by atoms with Crippen molar-refractivity contribution in [2.45, 2.75) is 69.9 Å². The average Bonchev–Trinajstić information content (AvgIpc) is 2.79. The molecule has 1 aromatic carbocycles. The molecule has 1 N–H and O–H groups in total. The van der Waals surface area contributed by atoms with Crippen molar-refractivity contribution in [3.05, 3.63) is 23.8 Å². The van der Waals surface area contributed by atoms with E-state index in [1.54, 1.807) is 18.2 Å². The molecule has 1 aliphatic carbocycles. The van der Waals surface area contributed by atoms with E-state index in [4.69, 9.17) is 0 Å². The molecule has 0 saturated heterocycles. The highest BCUT2D eigenvalue weighted by molar-refractivity contribution is 7.89. The lowest BCUT2D eigenvalue weighted by molar-refractivity contribution is -0.125. The minimum absolute atomic E-state index is 0.0913. The lowest BCUT2D eigenvalue weighted by atomic mass is 9.84. The number of nitrogens with zero attached hydrogens (tertiary/aromatic N) is 1. The third kappa shape index (κ3) is 3.09. The summed E-state index contributed by atoms with van der Waals surface area (Å²) in [6.45, 7) is 5.83. The van der Waals surface area contributed by atoms with E-state index in [1.165, 1.54) is 0 Å². The molecule has 5 nitrogen and oxygen atoms in total. The molecule has 1 saturated carbocycles. The SMILES string of the molecule is CC[C@H](C)NS(=O)(=O)c1ccc2c(c1)C[C@H](C)N2C(=O)C1CCC1. The quantitative estimate of drug-likeness (QED) is 0.888. The predicted molar refractivity (Wildman–Crippen MR) is 94.5 cm³/mol. The molecule has 1 aromatic rings. The number of sulfonamides is 1. The second kappa shape index (κ2) is 6.48. The molecule has 24 heavy (non-hydrogen) atoms. The summed E-state index contributed by atoms with van der Waals surface area (Å²) >= 11 is 0. The molecule has 0 radical (unpaired) electrons. The van der Waals surface area contributed by atoms with Crippen LogP contribution < -0.4 is 9.62 Å². The van der Waals surface area contributed by atoms with Gasteiger partial charge in [-0.2, -0.15) is 0 Å². The zero-order valence-corrected chi connectivity index (χ0v) is 15.4. The lowest BCUT2D eigenvalue weighted by Gasteiger charge is -2.32. The number of fused-ring (bicyclic) bond motifs is 1. The van der Waals surface area contributed by atoms with Gasteiger partial charge in [0.1, 0.15) is 0 Å². The summed E-state index contributed by atoms with van der Waals surface area (Å²) in [5.41, 5.74) is 1.82. The smallest absolute Gasteiger partial charge is 0.240 e. The summed E-state index contributed by atoms with van der Waals surface area (Å²) < 4.78 is 27.6. The fourth-order valence-electron chi connectivity index (χ4n) is 3.38. The largest absolute Gasteiger partial charge is 0.309 e. The van der Waals surface area contributed by atoms with Crippen LogP contribution in [0.25, 0.3) is 0 Å². The van der Waals surface area contributed by atoms with Crippen LogP contribution in [0.3, 0.4) is 0 Å². The van der Waals surface area contributed by atoms with Crippen LogP contribution >= 0.6 is 0 Å². The summed E-state index contributed by atoms with van der Waals surface area (Å²) in [5, 5.41) is 0. The Morgan fingerprint density at radius 3 is 2.67 bits per heavy atom. The Balaban J connectivity index is 1.87. The zero-order valence-electron chi connectivity index (χ0n) is 14.6. The van der Waals surface area contributed by atoms with E-state index in [0.29, 0.717) is 6.42 Å². The molecule has 1 aliphatic heterocycles. The molecule has 0 bridgehead atoms. The van der Waals surface area contributed by atoms with Crippen molar-refractivity contribution in [1.82, 2.24) is 4.72 Å². The van der Waals surface area contributed by atoms with Gasteiger partial charge in [-0.25, -0.2) is 13.1 Å². The van der Waals surface area contributed by atoms with Crippen molar-refractivity contribution in [3.8, 4) is 0 Å². The lowest BCUT2D eigenvalue weighted by Crippen LogP contribution is -2.42. The first kappa shape index (κ1) is 17.4. The Morgan fingerprint density at radius 1 is 1.38 bits per heavy atom. The predicted octanol–water partition coefficient (Wildman–Crippen LogP) is 2.84. The van der Waals surface area contributed by atoms with Crippen LogP contribution in [0.1, 0.15) is 52.0 Å². The molecule has 6 heteroatoms. The van der Waals surface area contributed by atoms with E-state index in [2.05, 4.69) is 4.72 Å². The molecule has 1 heterocycles. The Hall–Kier alpha value is -1.40. The highest BCUT2D eigenvalue weighted by atomic mass is 32.2. The first-order valence-corrected chi connectivity index (χ1v) is 10.3. The summed E-state index contributed by atoms with van der Waals surface area (Å²) in [5.74, 6) is 0.342. The molecule has 0 unspecified atom stereocenters. The number of carbonyl (C=O) groups is 1. The van der Waals surface area contributed by atoms with E-state index in [-0.39, 0.29) is 28.8 Å². The van der Waals surface area contributed by atoms with Gasteiger partial charge in [-0.15, -0.1) is 0 Å². The number of hydrogen-bond donors (Lipinski definition) is 1. The molecule has 2 atom stereocenters. The van der Waals surface area contributed by atoms with Gasteiger partial charge >= 0.3 is 0 Å². The van der Waals surface area contributed by atoms with Crippen molar-refractivity contribution in [2.75, 3.05) is 4.90 Å². The number of benzene rings is 1. The highest BCUT2D eigenvalue weighted by Crippen LogP contribution is 2.38. The Labute approximate surface area is 144 Å². The molecule has 3 rings (SSSR count). The number of anilines is 1. The Morgan fingerprint density at radius 2 is 2.08 bits per heavy atom. The van der Waals surface area contributed by atoms with Gasteiger partial charge in [-0.05, 0) is 63.3 Å². The second-order valence-electron chi connectivity index (χ2n) is 7.11. The first-order valence-electron chi connectivity index (χ1n) is 8.81. The van der Waals surface area contributed by atoms with Gasteiger partial charge in [0, 0.05) is 23.7 Å². The summed E-state index contributed by atoms with van der Waals surface area (Å²) in [6, 6.07) is 5.13. The number of hydrogen-bond acceptors (Lipinski definition) is 3. The maximum Gasteiger partial charge on any atom is 0.240 e. The van der Waals surface area contributed by atoms with Crippen molar-refractivity contribution in [3.63, 3.8) is 0 Å². The van der Waals surface area contributed by atoms with E-state index >= 15 is 0 Å². The third-order valence-corrected chi connectivity index (χ3v) is 6.82. The van der Waals surface area contributed by atoms with E-state index in [1.807, 2.05) is 25.7 Å². The van der Waals surface area contributed by atoms with Crippen LogP contribution in [0.5, 0.6) is 0 Å². The Bertz CT molecular complexity index is 741. The third-order valence-electron chi connectivity index (χ3n) is 5.24. The number of carbonyl (C=O) groups excluding carboxylic acids is 1. The number of rotatable bonds is 5. The minimum atomic E-state index is -3.51. The summed E-state index contributed by atoms with van der Waals surface area (Å²) in [4.78, 5) is 14.8. The zero-order chi connectivity index (χ0) is 17.5. The van der Waals surface area contributed by atoms with Gasteiger partial charge in [0.15, 0.2) is 0 Å². The molecular weight excluding hydrogens is 324 g/mol.